The van der Waals surface area contributed by atoms with Crippen LogP contribution in [0.15, 0.2) is 30.5 Å². The lowest BCUT2D eigenvalue weighted by Crippen LogP contribution is -2.35. The summed E-state index contributed by atoms with van der Waals surface area (Å²) >= 11 is 5.90. The molecule has 0 saturated heterocycles. The molecule has 1 aromatic heterocycles. The Balaban J connectivity index is 1.66. The van der Waals surface area contributed by atoms with E-state index >= 15 is 0 Å². The predicted molar refractivity (Wildman–Crippen MR) is 92.4 cm³/mol. The third-order valence-electron chi connectivity index (χ3n) is 4.05. The third kappa shape index (κ3) is 3.94. The maximum Gasteiger partial charge on any atom is 0.407 e. The van der Waals surface area contributed by atoms with Gasteiger partial charge in [-0.2, -0.15) is 0 Å². The number of halogens is 1. The number of fused-ring (bicyclic) bond motifs is 1. The van der Waals surface area contributed by atoms with E-state index in [1.807, 2.05) is 24.3 Å². The van der Waals surface area contributed by atoms with Gasteiger partial charge < -0.3 is 15.3 Å². The molecule has 1 unspecified atom stereocenters. The summed E-state index contributed by atoms with van der Waals surface area (Å²) in [5.74, 6) is 0.530. The number of amides is 1. The molecule has 1 aliphatic heterocycles. The van der Waals surface area contributed by atoms with Crippen molar-refractivity contribution >= 4 is 23.6 Å². The van der Waals surface area contributed by atoms with E-state index in [0.717, 1.165) is 22.7 Å². The zero-order valence-corrected chi connectivity index (χ0v) is 14.1. The number of benzene rings is 1. The molecular formula is C17H19ClN4O2. The molecule has 0 spiro atoms. The smallest absolute Gasteiger partial charge is 0.407 e. The lowest BCUT2D eigenvalue weighted by Gasteiger charge is -2.25. The molecule has 2 aromatic rings. The van der Waals surface area contributed by atoms with Crippen LogP contribution in [0.25, 0.3) is 0 Å². The van der Waals surface area contributed by atoms with Crippen LogP contribution in [0.2, 0.25) is 5.02 Å². The number of carboxylic acid groups (broad SMARTS) is 1. The van der Waals surface area contributed by atoms with E-state index in [2.05, 4.69) is 22.2 Å². The summed E-state index contributed by atoms with van der Waals surface area (Å²) in [6, 6.07) is 7.89. The number of anilines is 1. The summed E-state index contributed by atoms with van der Waals surface area (Å²) in [6.45, 7) is 2.86. The molecule has 0 aliphatic carbocycles. The normalized spacial score (nSPS) is 14.8. The van der Waals surface area contributed by atoms with Crippen LogP contribution in [-0.4, -0.2) is 38.7 Å². The van der Waals surface area contributed by atoms with Crippen LogP contribution >= 0.6 is 11.6 Å². The van der Waals surface area contributed by atoms with Gasteiger partial charge in [-0.3, -0.25) is 0 Å². The largest absolute Gasteiger partial charge is 0.465 e. The van der Waals surface area contributed by atoms with Crippen LogP contribution in [0.5, 0.6) is 0 Å². The molecule has 2 N–H and O–H groups in total. The second-order valence-corrected chi connectivity index (χ2v) is 6.43. The molecule has 0 bridgehead atoms. The zero-order chi connectivity index (χ0) is 17.1. The topological polar surface area (TPSA) is 78.4 Å². The lowest BCUT2D eigenvalue weighted by atomic mass is 10.1. The minimum absolute atomic E-state index is 0.142. The molecule has 0 fully saturated rings. The number of nitrogens with one attached hydrogen (secondary N) is 1. The molecule has 1 aliphatic rings. The van der Waals surface area contributed by atoms with Gasteiger partial charge in [-0.25, -0.2) is 14.8 Å². The highest BCUT2D eigenvalue weighted by Gasteiger charge is 2.22. The number of carbonyl (C=O) groups is 1. The Kier molecular flexibility index (Phi) is 4.85. The molecular weight excluding hydrogens is 328 g/mol. The van der Waals surface area contributed by atoms with Gasteiger partial charge in [0.15, 0.2) is 0 Å². The number of rotatable bonds is 4. The highest BCUT2D eigenvalue weighted by molar-refractivity contribution is 6.30. The molecule has 1 atom stereocenters. The van der Waals surface area contributed by atoms with E-state index in [1.165, 1.54) is 10.5 Å². The van der Waals surface area contributed by atoms with E-state index < -0.39 is 6.09 Å². The SMILES string of the molecule is CC(Cc1ccc(Cl)cc1)Nc1ncc2c(n1)CN(C(=O)O)CC2. The van der Waals surface area contributed by atoms with Gasteiger partial charge in [0.25, 0.3) is 0 Å². The Hall–Kier alpha value is -2.34. The Morgan fingerprint density at radius 3 is 2.88 bits per heavy atom. The first-order valence-electron chi connectivity index (χ1n) is 7.85. The highest BCUT2D eigenvalue weighted by Crippen LogP contribution is 2.18. The van der Waals surface area contributed by atoms with Crippen molar-refractivity contribution in [1.29, 1.82) is 0 Å². The van der Waals surface area contributed by atoms with Crippen LogP contribution in [0.1, 0.15) is 23.7 Å². The van der Waals surface area contributed by atoms with Crippen molar-refractivity contribution in [3.05, 3.63) is 52.3 Å². The molecule has 126 valence electrons. The van der Waals surface area contributed by atoms with E-state index in [1.54, 1.807) is 6.20 Å². The highest BCUT2D eigenvalue weighted by atomic mass is 35.5. The quantitative estimate of drug-likeness (QED) is 0.888. The second-order valence-electron chi connectivity index (χ2n) is 6.00. The summed E-state index contributed by atoms with van der Waals surface area (Å²) in [7, 11) is 0. The minimum Gasteiger partial charge on any atom is -0.465 e. The van der Waals surface area contributed by atoms with Crippen LogP contribution in [0, 0.1) is 0 Å². The van der Waals surface area contributed by atoms with Crippen molar-refractivity contribution in [3.63, 3.8) is 0 Å². The summed E-state index contributed by atoms with van der Waals surface area (Å²) in [6.07, 6.45) is 2.35. The zero-order valence-electron chi connectivity index (χ0n) is 13.4. The van der Waals surface area contributed by atoms with E-state index in [9.17, 15) is 4.79 Å². The van der Waals surface area contributed by atoms with Crippen molar-refractivity contribution in [2.45, 2.75) is 32.4 Å². The van der Waals surface area contributed by atoms with Crippen LogP contribution in [0.4, 0.5) is 10.7 Å². The van der Waals surface area contributed by atoms with Crippen LogP contribution < -0.4 is 5.32 Å². The van der Waals surface area contributed by atoms with Gasteiger partial charge in [0.2, 0.25) is 5.95 Å². The minimum atomic E-state index is -0.912. The Morgan fingerprint density at radius 1 is 1.42 bits per heavy atom. The van der Waals surface area contributed by atoms with Gasteiger partial charge in [0.05, 0.1) is 12.2 Å². The number of hydrogen-bond acceptors (Lipinski definition) is 4. The second kappa shape index (κ2) is 7.05. The van der Waals surface area contributed by atoms with Crippen molar-refractivity contribution in [1.82, 2.24) is 14.9 Å². The van der Waals surface area contributed by atoms with Gasteiger partial charge in [-0.15, -0.1) is 0 Å². The molecule has 0 saturated carbocycles. The molecule has 1 amide bonds. The molecule has 6 nitrogen and oxygen atoms in total. The van der Waals surface area contributed by atoms with Crippen molar-refractivity contribution in [2.75, 3.05) is 11.9 Å². The monoisotopic (exact) mass is 346 g/mol. The van der Waals surface area contributed by atoms with Crippen LogP contribution in [-0.2, 0) is 19.4 Å². The Morgan fingerprint density at radius 2 is 2.17 bits per heavy atom. The first-order chi connectivity index (χ1) is 11.5. The van der Waals surface area contributed by atoms with Gasteiger partial charge in [0, 0.05) is 23.8 Å². The van der Waals surface area contributed by atoms with Crippen molar-refractivity contribution < 1.29 is 9.90 Å². The molecule has 2 heterocycles. The van der Waals surface area contributed by atoms with Gasteiger partial charge in [-0.1, -0.05) is 23.7 Å². The maximum absolute atomic E-state index is 11.1. The van der Waals surface area contributed by atoms with Crippen molar-refractivity contribution in [3.8, 4) is 0 Å². The van der Waals surface area contributed by atoms with Gasteiger partial charge in [0.1, 0.15) is 0 Å². The average Bonchev–Trinajstić information content (AvgIpc) is 2.56. The van der Waals surface area contributed by atoms with Gasteiger partial charge in [-0.05, 0) is 43.0 Å². The van der Waals surface area contributed by atoms with Crippen LogP contribution in [0.3, 0.4) is 0 Å². The third-order valence-corrected chi connectivity index (χ3v) is 4.30. The molecule has 0 radical (unpaired) electrons. The first-order valence-corrected chi connectivity index (χ1v) is 8.22. The molecule has 1 aromatic carbocycles. The fourth-order valence-corrected chi connectivity index (χ4v) is 2.91. The van der Waals surface area contributed by atoms with Crippen molar-refractivity contribution in [2.24, 2.45) is 0 Å². The summed E-state index contributed by atoms with van der Waals surface area (Å²) in [4.78, 5) is 21.3. The lowest BCUT2D eigenvalue weighted by molar-refractivity contribution is 0.139. The molecule has 24 heavy (non-hydrogen) atoms. The average molecular weight is 347 g/mol. The van der Waals surface area contributed by atoms with Gasteiger partial charge >= 0.3 is 6.09 Å². The number of hydrogen-bond donors (Lipinski definition) is 2. The fourth-order valence-electron chi connectivity index (χ4n) is 2.78. The number of nitrogens with zero attached hydrogens (tertiary/aromatic N) is 3. The molecule has 7 heteroatoms. The summed E-state index contributed by atoms with van der Waals surface area (Å²) < 4.78 is 0. The summed E-state index contributed by atoms with van der Waals surface area (Å²) in [5, 5.41) is 13.1. The van der Waals surface area contributed by atoms with E-state index in [-0.39, 0.29) is 6.04 Å². The van der Waals surface area contributed by atoms with E-state index in [0.29, 0.717) is 25.5 Å². The maximum atomic E-state index is 11.1. The fraction of sp³-hybridized carbons (Fsp3) is 0.353. The number of aromatic nitrogens is 2. The van der Waals surface area contributed by atoms with E-state index in [4.69, 9.17) is 16.7 Å². The Bertz CT molecular complexity index is 736. The predicted octanol–water partition coefficient (Wildman–Crippen LogP) is 3.21. The summed E-state index contributed by atoms with van der Waals surface area (Å²) in [5.41, 5.74) is 2.97. The molecule has 3 rings (SSSR count). The standard InChI is InChI=1S/C17H19ClN4O2/c1-11(8-12-2-4-14(18)5-3-12)20-16-19-9-13-6-7-22(17(23)24)10-15(13)21-16/h2-5,9,11H,6-8,10H2,1H3,(H,23,24)(H,19,20,21). The Labute approximate surface area is 145 Å². The first kappa shape index (κ1) is 16.5.